The number of nitro benzene ring substituents is 1. The summed E-state index contributed by atoms with van der Waals surface area (Å²) in [4.78, 5) is 24.4. The van der Waals surface area contributed by atoms with Crippen LogP contribution < -0.4 is 4.74 Å². The molecule has 1 fully saturated rings. The van der Waals surface area contributed by atoms with Crippen LogP contribution in [0, 0.1) is 10.1 Å². The molecule has 7 heteroatoms. The van der Waals surface area contributed by atoms with E-state index in [-0.39, 0.29) is 11.7 Å². The summed E-state index contributed by atoms with van der Waals surface area (Å²) in [5.41, 5.74) is 1.05. The molecule has 0 unspecified atom stereocenters. The van der Waals surface area contributed by atoms with E-state index in [4.69, 9.17) is 9.47 Å². The molecule has 1 aliphatic rings. The molecule has 0 radical (unpaired) electrons. The van der Waals surface area contributed by atoms with Crippen LogP contribution in [0.3, 0.4) is 0 Å². The van der Waals surface area contributed by atoms with Gasteiger partial charge in [-0.15, -0.1) is 0 Å². The second kappa shape index (κ2) is 9.14. The van der Waals surface area contributed by atoms with Crippen molar-refractivity contribution in [2.45, 2.75) is 31.9 Å². The van der Waals surface area contributed by atoms with Gasteiger partial charge in [-0.2, -0.15) is 0 Å². The predicted molar refractivity (Wildman–Crippen MR) is 99.6 cm³/mol. The molecule has 2 aromatic carbocycles. The Bertz CT molecular complexity index is 764. The fourth-order valence-electron chi connectivity index (χ4n) is 3.10. The Kier molecular flexibility index (Phi) is 6.38. The zero-order valence-electron chi connectivity index (χ0n) is 15.0. The molecule has 0 bridgehead atoms. The summed E-state index contributed by atoms with van der Waals surface area (Å²) in [5, 5.41) is 10.7. The predicted octanol–water partition coefficient (Wildman–Crippen LogP) is 4.16. The van der Waals surface area contributed by atoms with Gasteiger partial charge in [-0.05, 0) is 37.0 Å². The normalized spacial score (nSPS) is 16.7. The number of hydrogen-bond acceptors (Lipinski definition) is 5. The van der Waals surface area contributed by atoms with E-state index in [2.05, 4.69) is 0 Å². The Balaban J connectivity index is 1.55. The lowest BCUT2D eigenvalue weighted by atomic mass is 10.0. The van der Waals surface area contributed by atoms with Crippen LogP contribution in [0.4, 0.5) is 10.5 Å². The Hall–Kier alpha value is -2.93. The van der Waals surface area contributed by atoms with Gasteiger partial charge in [-0.3, -0.25) is 10.1 Å². The van der Waals surface area contributed by atoms with Gasteiger partial charge in [0.2, 0.25) is 0 Å². The van der Waals surface area contributed by atoms with Crippen LogP contribution in [-0.4, -0.2) is 35.1 Å². The van der Waals surface area contributed by atoms with Gasteiger partial charge in [0.1, 0.15) is 5.75 Å². The zero-order chi connectivity index (χ0) is 19.1. The van der Waals surface area contributed by atoms with E-state index in [1.165, 1.54) is 24.3 Å². The molecule has 1 amide bonds. The summed E-state index contributed by atoms with van der Waals surface area (Å²) in [6.07, 6.45) is 2.38. The van der Waals surface area contributed by atoms with Crippen molar-refractivity contribution in [2.24, 2.45) is 0 Å². The van der Waals surface area contributed by atoms with E-state index in [0.717, 1.165) is 24.8 Å². The van der Waals surface area contributed by atoms with Crippen LogP contribution in [-0.2, 0) is 11.3 Å². The Morgan fingerprint density at radius 3 is 2.56 bits per heavy atom. The molecule has 2 aromatic rings. The average molecular weight is 370 g/mol. The minimum atomic E-state index is -0.490. The first-order valence-corrected chi connectivity index (χ1v) is 8.98. The molecule has 1 atom stereocenters. The fourth-order valence-corrected chi connectivity index (χ4v) is 3.10. The third kappa shape index (κ3) is 5.27. The topological polar surface area (TPSA) is 81.9 Å². The van der Waals surface area contributed by atoms with E-state index in [1.807, 2.05) is 30.3 Å². The quantitative estimate of drug-likeness (QED) is 0.563. The number of carbonyl (C=O) groups is 1. The Morgan fingerprint density at radius 2 is 1.85 bits per heavy atom. The second-order valence-corrected chi connectivity index (χ2v) is 6.46. The van der Waals surface area contributed by atoms with Crippen molar-refractivity contribution in [2.75, 3.05) is 13.2 Å². The number of likely N-dealkylation sites (tertiary alicyclic amines) is 1. The summed E-state index contributed by atoms with van der Waals surface area (Å²) in [6.45, 7) is 1.57. The number of piperidine rings is 1. The monoisotopic (exact) mass is 370 g/mol. The van der Waals surface area contributed by atoms with E-state index < -0.39 is 11.0 Å². The van der Waals surface area contributed by atoms with Gasteiger partial charge in [0.05, 0.1) is 24.2 Å². The minimum absolute atomic E-state index is 0.0342. The van der Waals surface area contributed by atoms with Gasteiger partial charge < -0.3 is 14.4 Å². The maximum absolute atomic E-state index is 12.5. The maximum atomic E-state index is 12.5. The standard InChI is InChI=1S/C20H22N2O5/c23-20(27-19-11-9-17(10-12-19)22(24)25)21-13-5-4-8-18(21)15-26-14-16-6-2-1-3-7-16/h1-3,6-7,9-12,18H,4-5,8,13-15H2/t18-/m0/s1. The zero-order valence-corrected chi connectivity index (χ0v) is 15.0. The lowest BCUT2D eigenvalue weighted by Gasteiger charge is -2.34. The smallest absolute Gasteiger partial charge is 0.410 e. The highest BCUT2D eigenvalue weighted by atomic mass is 16.6. The molecule has 3 rings (SSSR count). The van der Waals surface area contributed by atoms with Gasteiger partial charge in [0.25, 0.3) is 5.69 Å². The van der Waals surface area contributed by atoms with Crippen LogP contribution in [0.1, 0.15) is 24.8 Å². The summed E-state index contributed by atoms with van der Waals surface area (Å²) in [5.74, 6) is 0.292. The SMILES string of the molecule is O=C(Oc1ccc([N+](=O)[O-])cc1)N1CCCC[C@H]1COCc1ccccc1. The Labute approximate surface area is 157 Å². The molecule has 1 saturated heterocycles. The molecule has 7 nitrogen and oxygen atoms in total. The number of benzene rings is 2. The van der Waals surface area contributed by atoms with Crippen LogP contribution in [0.2, 0.25) is 0 Å². The molecule has 0 aliphatic carbocycles. The lowest BCUT2D eigenvalue weighted by Crippen LogP contribution is -2.47. The largest absolute Gasteiger partial charge is 0.415 e. The Morgan fingerprint density at radius 1 is 1.11 bits per heavy atom. The molecule has 1 aliphatic heterocycles. The number of nitro groups is 1. The van der Waals surface area contributed by atoms with Gasteiger partial charge >= 0.3 is 6.09 Å². The number of rotatable bonds is 6. The highest BCUT2D eigenvalue weighted by Gasteiger charge is 2.28. The number of ether oxygens (including phenoxy) is 2. The molecule has 0 saturated carbocycles. The first kappa shape index (κ1) is 18.8. The highest BCUT2D eigenvalue weighted by Crippen LogP contribution is 2.22. The first-order valence-electron chi connectivity index (χ1n) is 8.98. The molecular weight excluding hydrogens is 348 g/mol. The van der Waals surface area contributed by atoms with Crippen molar-refractivity contribution >= 4 is 11.8 Å². The van der Waals surface area contributed by atoms with Crippen molar-refractivity contribution in [1.82, 2.24) is 4.90 Å². The molecule has 1 heterocycles. The highest BCUT2D eigenvalue weighted by molar-refractivity contribution is 5.71. The van der Waals surface area contributed by atoms with Crippen LogP contribution >= 0.6 is 0 Å². The maximum Gasteiger partial charge on any atom is 0.415 e. The number of carbonyl (C=O) groups excluding carboxylic acids is 1. The molecular formula is C20H22N2O5. The third-order valence-corrected chi connectivity index (χ3v) is 4.54. The number of amides is 1. The van der Waals surface area contributed by atoms with Crippen molar-refractivity contribution in [3.63, 3.8) is 0 Å². The lowest BCUT2D eigenvalue weighted by molar-refractivity contribution is -0.384. The van der Waals surface area contributed by atoms with Crippen molar-refractivity contribution < 1.29 is 19.2 Å². The van der Waals surface area contributed by atoms with Crippen molar-refractivity contribution in [3.8, 4) is 5.75 Å². The summed E-state index contributed by atoms with van der Waals surface area (Å²) < 4.78 is 11.2. The summed E-state index contributed by atoms with van der Waals surface area (Å²) in [6, 6.07) is 15.4. The van der Waals surface area contributed by atoms with Crippen molar-refractivity contribution in [3.05, 3.63) is 70.3 Å². The fraction of sp³-hybridized carbons (Fsp3) is 0.350. The molecule has 142 valence electrons. The van der Waals surface area contributed by atoms with Crippen molar-refractivity contribution in [1.29, 1.82) is 0 Å². The van der Waals surface area contributed by atoms with E-state index >= 15 is 0 Å². The van der Waals surface area contributed by atoms with E-state index in [9.17, 15) is 14.9 Å². The van der Waals surface area contributed by atoms with E-state index in [1.54, 1.807) is 4.90 Å². The minimum Gasteiger partial charge on any atom is -0.410 e. The molecule has 27 heavy (non-hydrogen) atoms. The van der Waals surface area contributed by atoms with Gasteiger partial charge in [0.15, 0.2) is 0 Å². The summed E-state index contributed by atoms with van der Waals surface area (Å²) in [7, 11) is 0. The second-order valence-electron chi connectivity index (χ2n) is 6.46. The number of nitrogens with zero attached hydrogens (tertiary/aromatic N) is 2. The molecule has 0 spiro atoms. The van der Waals surface area contributed by atoms with Crippen LogP contribution in [0.25, 0.3) is 0 Å². The van der Waals surface area contributed by atoms with Crippen LogP contribution in [0.15, 0.2) is 54.6 Å². The van der Waals surface area contributed by atoms with E-state index in [0.29, 0.717) is 25.5 Å². The van der Waals surface area contributed by atoms with Gasteiger partial charge in [-0.1, -0.05) is 30.3 Å². The van der Waals surface area contributed by atoms with Crippen LogP contribution in [0.5, 0.6) is 5.75 Å². The third-order valence-electron chi connectivity index (χ3n) is 4.54. The molecule has 0 N–H and O–H groups in total. The number of hydrogen-bond donors (Lipinski definition) is 0. The molecule has 0 aromatic heterocycles. The first-order chi connectivity index (χ1) is 13.1. The number of non-ortho nitro benzene ring substituents is 1. The average Bonchev–Trinajstić information content (AvgIpc) is 2.69. The van der Waals surface area contributed by atoms with Gasteiger partial charge in [0, 0.05) is 18.7 Å². The summed E-state index contributed by atoms with van der Waals surface area (Å²) >= 11 is 0. The van der Waals surface area contributed by atoms with Gasteiger partial charge in [-0.25, -0.2) is 4.79 Å².